The molecular weight excluding hydrogens is 518 g/mol. The number of ether oxygens (including phenoxy) is 3. The molecule has 214 valence electrons. The number of amides is 2. The molecule has 0 fully saturated rings. The number of primary amides is 1. The summed E-state index contributed by atoms with van der Waals surface area (Å²) >= 11 is 0. The predicted octanol–water partition coefficient (Wildman–Crippen LogP) is 1.13. The van der Waals surface area contributed by atoms with Gasteiger partial charge in [0.15, 0.2) is 18.1 Å². The third-order valence-corrected chi connectivity index (χ3v) is 5.74. The Balaban J connectivity index is 1.44. The van der Waals surface area contributed by atoms with Crippen LogP contribution in [-0.4, -0.2) is 72.8 Å². The number of aliphatic hydroxyl groups is 2. The molecule has 11 heteroatoms. The number of para-hydroxylation sites is 2. The van der Waals surface area contributed by atoms with Gasteiger partial charge in [-0.05, 0) is 41.5 Å². The molecule has 0 spiro atoms. The molecule has 0 aliphatic carbocycles. The van der Waals surface area contributed by atoms with Crippen molar-refractivity contribution in [3.05, 3.63) is 83.4 Å². The Bertz CT molecular complexity index is 1250. The Morgan fingerprint density at radius 3 is 2.33 bits per heavy atom. The molecule has 3 aromatic carbocycles. The first-order valence-electron chi connectivity index (χ1n) is 12.8. The number of aromatic hydroxyl groups is 1. The standard InChI is InChI=1S/C29H35N3O8/c30-29(37)24-15-22(34)9-10-25(24)38-14-11-20-5-1-2-6-21(20)16-31-17-23(35)18-39-26-7-3-4-8-27(26)40-19-28(36)32-12-13-33/h1-10,15,23,31,33-35H,11-14,16-19H2,(H2,30,37)(H,32,36). The number of rotatable bonds is 17. The van der Waals surface area contributed by atoms with Crippen LogP contribution in [0.15, 0.2) is 66.7 Å². The molecule has 3 aromatic rings. The number of nitrogens with one attached hydrogen (secondary N) is 2. The SMILES string of the molecule is NC(=O)c1cc(O)ccc1OCCc1ccccc1CNCC(O)COc1ccccc1OCC(=O)NCCO. The smallest absolute Gasteiger partial charge is 0.258 e. The van der Waals surface area contributed by atoms with E-state index in [0.29, 0.717) is 36.8 Å². The van der Waals surface area contributed by atoms with Crippen LogP contribution in [0.25, 0.3) is 0 Å². The van der Waals surface area contributed by atoms with Crippen LogP contribution in [0.5, 0.6) is 23.0 Å². The van der Waals surface area contributed by atoms with Crippen molar-refractivity contribution in [3.63, 3.8) is 0 Å². The van der Waals surface area contributed by atoms with Gasteiger partial charge in [0.2, 0.25) is 0 Å². The first-order chi connectivity index (χ1) is 19.4. The van der Waals surface area contributed by atoms with Crippen LogP contribution in [-0.2, 0) is 17.8 Å². The fourth-order valence-corrected chi connectivity index (χ4v) is 3.78. The molecule has 0 bridgehead atoms. The van der Waals surface area contributed by atoms with Crippen molar-refractivity contribution in [2.45, 2.75) is 19.1 Å². The summed E-state index contributed by atoms with van der Waals surface area (Å²) in [7, 11) is 0. The van der Waals surface area contributed by atoms with E-state index in [2.05, 4.69) is 10.6 Å². The van der Waals surface area contributed by atoms with Gasteiger partial charge in [0.05, 0.1) is 18.8 Å². The Morgan fingerprint density at radius 1 is 0.900 bits per heavy atom. The van der Waals surface area contributed by atoms with Gasteiger partial charge in [-0.25, -0.2) is 0 Å². The van der Waals surface area contributed by atoms with Crippen molar-refractivity contribution in [2.24, 2.45) is 5.73 Å². The molecule has 0 aliphatic heterocycles. The molecule has 0 aromatic heterocycles. The van der Waals surface area contributed by atoms with Gasteiger partial charge in [-0.1, -0.05) is 36.4 Å². The minimum Gasteiger partial charge on any atom is -0.508 e. The summed E-state index contributed by atoms with van der Waals surface area (Å²) in [5, 5.41) is 34.5. The number of aliphatic hydroxyl groups excluding tert-OH is 2. The van der Waals surface area contributed by atoms with E-state index in [-0.39, 0.29) is 50.1 Å². The number of nitrogens with two attached hydrogens (primary N) is 1. The van der Waals surface area contributed by atoms with Crippen molar-refractivity contribution in [3.8, 4) is 23.0 Å². The van der Waals surface area contributed by atoms with Gasteiger partial charge in [-0.15, -0.1) is 0 Å². The molecule has 7 N–H and O–H groups in total. The molecule has 11 nitrogen and oxygen atoms in total. The van der Waals surface area contributed by atoms with Crippen LogP contribution in [0, 0.1) is 0 Å². The third-order valence-electron chi connectivity index (χ3n) is 5.74. The number of phenolic OH excluding ortho intramolecular Hbond substituents is 1. The predicted molar refractivity (Wildman–Crippen MR) is 148 cm³/mol. The van der Waals surface area contributed by atoms with Crippen LogP contribution < -0.4 is 30.6 Å². The van der Waals surface area contributed by atoms with Crippen LogP contribution in [0.3, 0.4) is 0 Å². The summed E-state index contributed by atoms with van der Waals surface area (Å²) in [5.41, 5.74) is 7.55. The molecule has 0 saturated carbocycles. The van der Waals surface area contributed by atoms with Gasteiger partial charge >= 0.3 is 0 Å². The summed E-state index contributed by atoms with van der Waals surface area (Å²) < 4.78 is 17.0. The zero-order valence-electron chi connectivity index (χ0n) is 22.0. The van der Waals surface area contributed by atoms with Crippen molar-refractivity contribution >= 4 is 11.8 Å². The van der Waals surface area contributed by atoms with Crippen LogP contribution >= 0.6 is 0 Å². The topological polar surface area (TPSA) is 173 Å². The average molecular weight is 554 g/mol. The molecule has 2 amide bonds. The Labute approximate surface area is 232 Å². The van der Waals surface area contributed by atoms with Gasteiger partial charge in [0.25, 0.3) is 11.8 Å². The zero-order valence-corrected chi connectivity index (χ0v) is 22.0. The summed E-state index contributed by atoms with van der Waals surface area (Å²) in [6.07, 6.45) is -0.240. The molecule has 0 aliphatic rings. The second kappa shape index (κ2) is 15.9. The second-order valence-electron chi connectivity index (χ2n) is 8.82. The van der Waals surface area contributed by atoms with E-state index in [1.807, 2.05) is 24.3 Å². The first kappa shape index (κ1) is 30.2. The van der Waals surface area contributed by atoms with E-state index in [9.17, 15) is 19.8 Å². The van der Waals surface area contributed by atoms with E-state index in [1.54, 1.807) is 24.3 Å². The summed E-state index contributed by atoms with van der Waals surface area (Å²) in [5.74, 6) is -0.0439. The number of benzene rings is 3. The van der Waals surface area contributed by atoms with Crippen LogP contribution in [0.1, 0.15) is 21.5 Å². The zero-order chi connectivity index (χ0) is 28.7. The van der Waals surface area contributed by atoms with E-state index < -0.39 is 12.0 Å². The maximum absolute atomic E-state index is 11.7. The lowest BCUT2D eigenvalue weighted by Crippen LogP contribution is -2.32. The molecule has 1 unspecified atom stereocenters. The number of carbonyl (C=O) groups is 2. The lowest BCUT2D eigenvalue weighted by molar-refractivity contribution is -0.123. The number of hydrogen-bond donors (Lipinski definition) is 6. The van der Waals surface area contributed by atoms with Crippen molar-refractivity contribution in [2.75, 3.05) is 39.5 Å². The van der Waals surface area contributed by atoms with Gasteiger partial charge in [-0.3, -0.25) is 9.59 Å². The monoisotopic (exact) mass is 553 g/mol. The van der Waals surface area contributed by atoms with Gasteiger partial charge in [0, 0.05) is 26.1 Å². The minimum absolute atomic E-state index is 0.00833. The molecular formula is C29H35N3O8. The number of carbonyl (C=O) groups excluding carboxylic acids is 2. The quantitative estimate of drug-likeness (QED) is 0.143. The third kappa shape index (κ3) is 9.77. The van der Waals surface area contributed by atoms with Gasteiger partial charge in [-0.2, -0.15) is 0 Å². The molecule has 0 saturated heterocycles. The normalized spacial score (nSPS) is 11.4. The minimum atomic E-state index is -0.807. The maximum atomic E-state index is 11.7. The lowest BCUT2D eigenvalue weighted by atomic mass is 10.0. The average Bonchev–Trinajstić information content (AvgIpc) is 2.95. The molecule has 1 atom stereocenters. The fraction of sp³-hybridized carbons (Fsp3) is 0.310. The Kier molecular flexibility index (Phi) is 12.0. The largest absolute Gasteiger partial charge is 0.508 e. The molecule has 0 heterocycles. The lowest BCUT2D eigenvalue weighted by Gasteiger charge is -2.17. The van der Waals surface area contributed by atoms with Crippen molar-refractivity contribution in [1.29, 1.82) is 0 Å². The first-order valence-corrected chi connectivity index (χ1v) is 12.8. The molecule has 0 radical (unpaired) electrons. The van der Waals surface area contributed by atoms with Crippen LogP contribution in [0.2, 0.25) is 0 Å². The van der Waals surface area contributed by atoms with E-state index >= 15 is 0 Å². The summed E-state index contributed by atoms with van der Waals surface area (Å²) in [6.45, 7) is 0.842. The van der Waals surface area contributed by atoms with E-state index in [1.165, 1.54) is 18.2 Å². The highest BCUT2D eigenvalue weighted by Crippen LogP contribution is 2.26. The Morgan fingerprint density at radius 2 is 1.60 bits per heavy atom. The van der Waals surface area contributed by atoms with Crippen LogP contribution in [0.4, 0.5) is 0 Å². The van der Waals surface area contributed by atoms with Crippen molar-refractivity contribution < 1.29 is 39.1 Å². The van der Waals surface area contributed by atoms with E-state index in [4.69, 9.17) is 25.1 Å². The fourth-order valence-electron chi connectivity index (χ4n) is 3.78. The molecule has 3 rings (SSSR count). The number of hydrogen-bond acceptors (Lipinski definition) is 9. The summed E-state index contributed by atoms with van der Waals surface area (Å²) in [6, 6.07) is 18.9. The highest BCUT2D eigenvalue weighted by molar-refractivity contribution is 5.96. The van der Waals surface area contributed by atoms with E-state index in [0.717, 1.165) is 11.1 Å². The maximum Gasteiger partial charge on any atom is 0.258 e. The molecule has 40 heavy (non-hydrogen) atoms. The van der Waals surface area contributed by atoms with Gasteiger partial charge in [0.1, 0.15) is 24.2 Å². The highest BCUT2D eigenvalue weighted by Gasteiger charge is 2.13. The number of phenols is 1. The van der Waals surface area contributed by atoms with Crippen molar-refractivity contribution in [1.82, 2.24) is 10.6 Å². The second-order valence-corrected chi connectivity index (χ2v) is 8.82. The Hall–Kier alpha value is -4.32. The van der Waals surface area contributed by atoms with Gasteiger partial charge < -0.3 is 45.9 Å². The summed E-state index contributed by atoms with van der Waals surface area (Å²) in [4.78, 5) is 23.3. The highest BCUT2D eigenvalue weighted by atomic mass is 16.5.